The van der Waals surface area contributed by atoms with Gasteiger partial charge in [-0.05, 0) is 19.1 Å². The molecule has 0 bridgehead atoms. The second-order valence-electron chi connectivity index (χ2n) is 5.37. The molecule has 0 aliphatic heterocycles. The van der Waals surface area contributed by atoms with Crippen molar-refractivity contribution < 1.29 is 14.2 Å². The number of carbonyl (C=O) groups is 1. The van der Waals surface area contributed by atoms with Gasteiger partial charge < -0.3 is 9.84 Å². The Morgan fingerprint density at radius 1 is 1.24 bits per heavy atom. The van der Waals surface area contributed by atoms with Crippen LogP contribution >= 0.6 is 0 Å². The lowest BCUT2D eigenvalue weighted by Gasteiger charge is -2.02. The Kier molecular flexibility index (Phi) is 4.51. The highest BCUT2D eigenvalue weighted by Crippen LogP contribution is 2.17. The lowest BCUT2D eigenvalue weighted by Crippen LogP contribution is -2.23. The maximum Gasteiger partial charge on any atom is 0.270 e. The summed E-state index contributed by atoms with van der Waals surface area (Å²) in [5.41, 5.74) is 1.93. The van der Waals surface area contributed by atoms with E-state index in [1.54, 1.807) is 0 Å². The lowest BCUT2D eigenvalue weighted by atomic mass is 10.1. The van der Waals surface area contributed by atoms with Crippen molar-refractivity contribution in [1.82, 2.24) is 15.5 Å². The summed E-state index contributed by atoms with van der Waals surface area (Å²) in [6.45, 7) is 1.99. The smallest absolute Gasteiger partial charge is 0.270 e. The van der Waals surface area contributed by atoms with Crippen molar-refractivity contribution in [3.8, 4) is 11.4 Å². The quantitative estimate of drug-likeness (QED) is 0.565. The van der Waals surface area contributed by atoms with Gasteiger partial charge in [-0.3, -0.25) is 14.9 Å². The Bertz CT molecular complexity index is 936. The summed E-state index contributed by atoms with van der Waals surface area (Å²) in [5, 5.41) is 17.2. The van der Waals surface area contributed by atoms with Crippen molar-refractivity contribution in [2.24, 2.45) is 0 Å². The number of amides is 1. The molecule has 1 N–H and O–H groups in total. The van der Waals surface area contributed by atoms with E-state index in [1.807, 2.05) is 31.2 Å². The number of nitro benzene ring substituents is 1. The Labute approximate surface area is 142 Å². The van der Waals surface area contributed by atoms with Gasteiger partial charge in [0, 0.05) is 23.3 Å². The van der Waals surface area contributed by atoms with E-state index in [1.165, 1.54) is 24.3 Å². The predicted octanol–water partition coefficient (Wildman–Crippen LogP) is 2.88. The van der Waals surface area contributed by atoms with Crippen LogP contribution in [0.5, 0.6) is 0 Å². The second kappa shape index (κ2) is 6.91. The van der Waals surface area contributed by atoms with Gasteiger partial charge in [-0.15, -0.1) is 0 Å². The van der Waals surface area contributed by atoms with Crippen LogP contribution in [0.15, 0.2) is 53.1 Å². The van der Waals surface area contributed by atoms with E-state index in [0.29, 0.717) is 5.82 Å². The maximum absolute atomic E-state index is 12.1. The topological polar surface area (TPSA) is 111 Å². The fourth-order valence-corrected chi connectivity index (χ4v) is 2.25. The molecule has 8 heteroatoms. The van der Waals surface area contributed by atoms with E-state index in [0.717, 1.165) is 11.1 Å². The van der Waals surface area contributed by atoms with Crippen LogP contribution in [-0.2, 0) is 6.54 Å². The highest BCUT2D eigenvalue weighted by molar-refractivity contribution is 5.94. The van der Waals surface area contributed by atoms with Crippen molar-refractivity contribution in [2.45, 2.75) is 13.5 Å². The van der Waals surface area contributed by atoms with Gasteiger partial charge >= 0.3 is 0 Å². The Morgan fingerprint density at radius 2 is 2.04 bits per heavy atom. The number of rotatable bonds is 5. The normalized spacial score (nSPS) is 10.4. The molecule has 0 unspecified atom stereocenters. The third-order valence-electron chi connectivity index (χ3n) is 3.46. The van der Waals surface area contributed by atoms with Crippen LogP contribution in [0.1, 0.15) is 21.8 Å². The summed E-state index contributed by atoms with van der Waals surface area (Å²) >= 11 is 0. The molecule has 3 rings (SSSR count). The summed E-state index contributed by atoms with van der Waals surface area (Å²) in [5.74, 6) is 0.220. The standard InChI is InChI=1S/C17H14N4O4/c1-11-4-2-5-12(8-11)16-19-15(25-20-16)10-18-17(22)13-6-3-7-14(9-13)21(23)24/h2-9H,10H2,1H3,(H,18,22). The number of hydrogen-bond acceptors (Lipinski definition) is 6. The molecule has 0 fully saturated rings. The van der Waals surface area contributed by atoms with Crippen LogP contribution < -0.4 is 5.32 Å². The summed E-state index contributed by atoms with van der Waals surface area (Å²) in [6, 6.07) is 13.1. The van der Waals surface area contributed by atoms with Gasteiger partial charge in [0.25, 0.3) is 11.6 Å². The Morgan fingerprint density at radius 3 is 2.80 bits per heavy atom. The molecule has 3 aromatic rings. The Balaban J connectivity index is 1.67. The van der Waals surface area contributed by atoms with E-state index in [4.69, 9.17) is 4.52 Å². The largest absolute Gasteiger partial charge is 0.343 e. The molecule has 1 heterocycles. The molecule has 2 aromatic carbocycles. The number of benzene rings is 2. The minimum Gasteiger partial charge on any atom is -0.343 e. The number of nitro groups is 1. The fourth-order valence-electron chi connectivity index (χ4n) is 2.25. The molecule has 0 saturated carbocycles. The first-order valence-corrected chi connectivity index (χ1v) is 7.45. The zero-order valence-electron chi connectivity index (χ0n) is 13.3. The Hall–Kier alpha value is -3.55. The number of nitrogens with one attached hydrogen (secondary N) is 1. The third kappa shape index (κ3) is 3.86. The van der Waals surface area contributed by atoms with Crippen molar-refractivity contribution in [3.05, 3.63) is 75.7 Å². The molecule has 1 amide bonds. The van der Waals surface area contributed by atoms with E-state index in [-0.39, 0.29) is 23.7 Å². The van der Waals surface area contributed by atoms with Crippen LogP contribution in [0, 0.1) is 17.0 Å². The lowest BCUT2D eigenvalue weighted by molar-refractivity contribution is -0.384. The molecular formula is C17H14N4O4. The van der Waals surface area contributed by atoms with Crippen molar-refractivity contribution >= 4 is 11.6 Å². The molecule has 25 heavy (non-hydrogen) atoms. The molecule has 0 spiro atoms. The summed E-state index contributed by atoms with van der Waals surface area (Å²) in [4.78, 5) is 26.5. The van der Waals surface area contributed by atoms with E-state index >= 15 is 0 Å². The zero-order chi connectivity index (χ0) is 17.8. The summed E-state index contributed by atoms with van der Waals surface area (Å²) < 4.78 is 5.12. The van der Waals surface area contributed by atoms with E-state index in [9.17, 15) is 14.9 Å². The zero-order valence-corrected chi connectivity index (χ0v) is 13.3. The average molecular weight is 338 g/mol. The van der Waals surface area contributed by atoms with E-state index < -0.39 is 10.8 Å². The van der Waals surface area contributed by atoms with Crippen LogP contribution in [-0.4, -0.2) is 21.0 Å². The van der Waals surface area contributed by atoms with Crippen LogP contribution in [0.4, 0.5) is 5.69 Å². The van der Waals surface area contributed by atoms with Crippen LogP contribution in [0.2, 0.25) is 0 Å². The van der Waals surface area contributed by atoms with E-state index in [2.05, 4.69) is 15.5 Å². The van der Waals surface area contributed by atoms with Gasteiger partial charge in [0.1, 0.15) is 0 Å². The summed E-state index contributed by atoms with van der Waals surface area (Å²) in [7, 11) is 0. The first-order valence-electron chi connectivity index (χ1n) is 7.45. The second-order valence-corrected chi connectivity index (χ2v) is 5.37. The number of non-ortho nitro benzene ring substituents is 1. The summed E-state index contributed by atoms with van der Waals surface area (Å²) in [6.07, 6.45) is 0. The molecule has 8 nitrogen and oxygen atoms in total. The predicted molar refractivity (Wildman–Crippen MR) is 88.7 cm³/mol. The average Bonchev–Trinajstić information content (AvgIpc) is 3.09. The molecular weight excluding hydrogens is 324 g/mol. The van der Waals surface area contributed by atoms with Crippen molar-refractivity contribution in [3.63, 3.8) is 0 Å². The first kappa shape index (κ1) is 16.3. The molecule has 0 radical (unpaired) electrons. The molecule has 126 valence electrons. The number of nitrogens with zero attached hydrogens (tertiary/aromatic N) is 3. The third-order valence-corrected chi connectivity index (χ3v) is 3.46. The maximum atomic E-state index is 12.1. The highest BCUT2D eigenvalue weighted by atomic mass is 16.6. The molecule has 0 saturated heterocycles. The number of carbonyl (C=O) groups excluding carboxylic acids is 1. The van der Waals surface area contributed by atoms with Crippen molar-refractivity contribution in [2.75, 3.05) is 0 Å². The first-order chi connectivity index (χ1) is 12.0. The number of aromatic nitrogens is 2. The van der Waals surface area contributed by atoms with Gasteiger partial charge in [-0.2, -0.15) is 4.98 Å². The van der Waals surface area contributed by atoms with Gasteiger partial charge in [-0.1, -0.05) is 35.0 Å². The van der Waals surface area contributed by atoms with Crippen LogP contribution in [0.3, 0.4) is 0 Å². The highest BCUT2D eigenvalue weighted by Gasteiger charge is 2.13. The monoisotopic (exact) mass is 338 g/mol. The molecule has 0 aliphatic rings. The van der Waals surface area contributed by atoms with Gasteiger partial charge in [0.2, 0.25) is 11.7 Å². The molecule has 0 aliphatic carbocycles. The SMILES string of the molecule is Cc1cccc(-c2noc(CNC(=O)c3cccc([N+](=O)[O-])c3)n2)c1. The minimum absolute atomic E-state index is 0.0281. The van der Waals surface area contributed by atoms with Gasteiger partial charge in [0.05, 0.1) is 11.5 Å². The fraction of sp³-hybridized carbons (Fsp3) is 0.118. The van der Waals surface area contributed by atoms with Gasteiger partial charge in [-0.25, -0.2) is 0 Å². The molecule has 0 atom stereocenters. The van der Waals surface area contributed by atoms with Crippen molar-refractivity contribution in [1.29, 1.82) is 0 Å². The number of aryl methyl sites for hydroxylation is 1. The van der Waals surface area contributed by atoms with Crippen LogP contribution in [0.25, 0.3) is 11.4 Å². The molecule has 1 aromatic heterocycles. The number of hydrogen-bond donors (Lipinski definition) is 1. The minimum atomic E-state index is -0.553. The van der Waals surface area contributed by atoms with Gasteiger partial charge in [0.15, 0.2) is 0 Å².